The molecule has 0 atom stereocenters. The molecule has 1 N–H and O–H groups in total. The molecule has 0 radical (unpaired) electrons. The van der Waals surface area contributed by atoms with Gasteiger partial charge in [0.2, 0.25) is 0 Å². The molecule has 0 bridgehead atoms. The summed E-state index contributed by atoms with van der Waals surface area (Å²) in [4.78, 5) is 0. The van der Waals surface area contributed by atoms with E-state index in [0.29, 0.717) is 17.7 Å². The highest BCUT2D eigenvalue weighted by atomic mass is 32.2. The van der Waals surface area contributed by atoms with Gasteiger partial charge in [0.05, 0.1) is 17.1 Å². The van der Waals surface area contributed by atoms with Crippen molar-refractivity contribution in [1.29, 1.82) is 0 Å². The maximum absolute atomic E-state index is 11.6. The molecule has 0 saturated carbocycles. The van der Waals surface area contributed by atoms with Crippen molar-refractivity contribution in [2.45, 2.75) is 20.3 Å². The SMILES string of the molecule is CCCS(=O)(=O)CCOc1ccc(C)cc1C#CCO. The van der Waals surface area contributed by atoms with Gasteiger partial charge in [-0.1, -0.05) is 24.8 Å². The van der Waals surface area contributed by atoms with Crippen LogP contribution in [0.2, 0.25) is 0 Å². The summed E-state index contributed by atoms with van der Waals surface area (Å²) >= 11 is 0. The molecular weight excluding hydrogens is 276 g/mol. The van der Waals surface area contributed by atoms with E-state index < -0.39 is 9.84 Å². The molecule has 110 valence electrons. The molecule has 0 aromatic heterocycles. The number of aryl methyl sites for hydroxylation is 1. The zero-order chi connectivity index (χ0) is 15.0. The van der Waals surface area contributed by atoms with Gasteiger partial charge in [-0.3, -0.25) is 0 Å². The number of aliphatic hydroxyl groups is 1. The van der Waals surface area contributed by atoms with E-state index in [1.165, 1.54) is 0 Å². The van der Waals surface area contributed by atoms with Crippen molar-refractivity contribution < 1.29 is 18.3 Å². The smallest absolute Gasteiger partial charge is 0.153 e. The molecule has 0 heterocycles. The second-order valence-electron chi connectivity index (χ2n) is 4.46. The molecule has 4 nitrogen and oxygen atoms in total. The summed E-state index contributed by atoms with van der Waals surface area (Å²) in [5, 5.41) is 8.74. The zero-order valence-corrected chi connectivity index (χ0v) is 12.7. The Balaban J connectivity index is 2.73. The molecule has 0 saturated heterocycles. The standard InChI is InChI=1S/C15H20O4S/c1-3-10-20(17,18)11-9-19-15-7-6-13(2)12-14(15)5-4-8-16/h6-7,12,16H,3,8-11H2,1-2H3. The highest BCUT2D eigenvalue weighted by Gasteiger charge is 2.10. The molecule has 0 aliphatic carbocycles. The Labute approximate surface area is 120 Å². The average molecular weight is 296 g/mol. The van der Waals surface area contributed by atoms with E-state index in [9.17, 15) is 8.42 Å². The fourth-order valence-electron chi connectivity index (χ4n) is 1.69. The van der Waals surface area contributed by atoms with Crippen LogP contribution in [0, 0.1) is 18.8 Å². The quantitative estimate of drug-likeness (QED) is 0.809. The van der Waals surface area contributed by atoms with E-state index in [-0.39, 0.29) is 24.7 Å². The van der Waals surface area contributed by atoms with Crippen molar-refractivity contribution in [3.63, 3.8) is 0 Å². The number of sulfone groups is 1. The predicted octanol–water partition coefficient (Wildman–Crippen LogP) is 1.54. The third-order valence-corrected chi connectivity index (χ3v) is 4.42. The maximum Gasteiger partial charge on any atom is 0.153 e. The summed E-state index contributed by atoms with van der Waals surface area (Å²) in [7, 11) is -3.04. The van der Waals surface area contributed by atoms with Crippen molar-refractivity contribution in [2.24, 2.45) is 0 Å². The minimum absolute atomic E-state index is 0.00157. The Bertz CT molecular complexity index is 594. The van der Waals surface area contributed by atoms with Crippen molar-refractivity contribution in [1.82, 2.24) is 0 Å². The molecule has 0 unspecified atom stereocenters. The third kappa shape index (κ3) is 5.64. The lowest BCUT2D eigenvalue weighted by Gasteiger charge is -2.09. The van der Waals surface area contributed by atoms with Crippen LogP contribution in [0.1, 0.15) is 24.5 Å². The van der Waals surface area contributed by atoms with Crippen LogP contribution in [-0.4, -0.2) is 38.2 Å². The molecule has 1 aromatic carbocycles. The number of benzene rings is 1. The van der Waals surface area contributed by atoms with Crippen molar-refractivity contribution in [3.8, 4) is 17.6 Å². The van der Waals surface area contributed by atoms with Gasteiger partial charge in [0.1, 0.15) is 19.0 Å². The highest BCUT2D eigenvalue weighted by Crippen LogP contribution is 2.19. The molecule has 0 aliphatic rings. The zero-order valence-electron chi connectivity index (χ0n) is 11.8. The Hall–Kier alpha value is -1.51. The van der Waals surface area contributed by atoms with Gasteiger partial charge in [-0.05, 0) is 31.0 Å². The predicted molar refractivity (Wildman–Crippen MR) is 79.6 cm³/mol. The van der Waals surface area contributed by atoms with E-state index >= 15 is 0 Å². The Morgan fingerprint density at radius 1 is 1.30 bits per heavy atom. The van der Waals surface area contributed by atoms with Gasteiger partial charge in [-0.25, -0.2) is 8.42 Å². The van der Waals surface area contributed by atoms with E-state index in [1.54, 1.807) is 6.07 Å². The first-order valence-electron chi connectivity index (χ1n) is 6.52. The van der Waals surface area contributed by atoms with Crippen LogP contribution in [0.15, 0.2) is 18.2 Å². The number of hydrogen-bond acceptors (Lipinski definition) is 4. The molecule has 1 aromatic rings. The van der Waals surface area contributed by atoms with Gasteiger partial charge in [0.25, 0.3) is 0 Å². The summed E-state index contributed by atoms with van der Waals surface area (Å²) in [5.41, 5.74) is 1.69. The molecule has 0 aliphatic heterocycles. The first-order valence-corrected chi connectivity index (χ1v) is 8.34. The van der Waals surface area contributed by atoms with Gasteiger partial charge in [-0.2, -0.15) is 0 Å². The van der Waals surface area contributed by atoms with Gasteiger partial charge < -0.3 is 9.84 Å². The summed E-state index contributed by atoms with van der Waals surface area (Å²) in [6.07, 6.45) is 0.611. The van der Waals surface area contributed by atoms with Gasteiger partial charge in [0.15, 0.2) is 9.84 Å². The normalized spacial score (nSPS) is 10.8. The summed E-state index contributed by atoms with van der Waals surface area (Å²) in [5.74, 6) is 6.10. The maximum atomic E-state index is 11.6. The highest BCUT2D eigenvalue weighted by molar-refractivity contribution is 7.91. The van der Waals surface area contributed by atoms with Gasteiger partial charge in [-0.15, -0.1) is 0 Å². The van der Waals surface area contributed by atoms with Crippen molar-refractivity contribution in [3.05, 3.63) is 29.3 Å². The first-order chi connectivity index (χ1) is 9.48. The fourth-order valence-corrected chi connectivity index (χ4v) is 2.86. The van der Waals surface area contributed by atoms with Crippen LogP contribution in [0.5, 0.6) is 5.75 Å². The van der Waals surface area contributed by atoms with Crippen LogP contribution in [0.4, 0.5) is 0 Å². The fraction of sp³-hybridized carbons (Fsp3) is 0.467. The van der Waals surface area contributed by atoms with Crippen LogP contribution in [0.25, 0.3) is 0 Å². The van der Waals surface area contributed by atoms with Crippen LogP contribution < -0.4 is 4.74 Å². The average Bonchev–Trinajstić information content (AvgIpc) is 2.38. The van der Waals surface area contributed by atoms with Crippen LogP contribution in [-0.2, 0) is 9.84 Å². The second-order valence-corrected chi connectivity index (χ2v) is 6.76. The molecule has 0 amide bonds. The van der Waals surface area contributed by atoms with E-state index in [0.717, 1.165) is 5.56 Å². The van der Waals surface area contributed by atoms with E-state index in [4.69, 9.17) is 9.84 Å². The number of aliphatic hydroxyl groups excluding tert-OH is 1. The first kappa shape index (κ1) is 16.5. The van der Waals surface area contributed by atoms with E-state index in [2.05, 4.69) is 11.8 Å². The molecule has 20 heavy (non-hydrogen) atoms. The lowest BCUT2D eigenvalue weighted by atomic mass is 10.1. The number of ether oxygens (including phenoxy) is 1. The van der Waals surface area contributed by atoms with Gasteiger partial charge >= 0.3 is 0 Å². The topological polar surface area (TPSA) is 63.6 Å². The second kappa shape index (κ2) is 7.93. The molecule has 5 heteroatoms. The van der Waals surface area contributed by atoms with Gasteiger partial charge in [0, 0.05) is 0 Å². The summed E-state index contributed by atoms with van der Waals surface area (Å²) in [6, 6.07) is 5.49. The molecule has 0 spiro atoms. The Morgan fingerprint density at radius 3 is 2.70 bits per heavy atom. The monoisotopic (exact) mass is 296 g/mol. The number of hydrogen-bond donors (Lipinski definition) is 1. The Kier molecular flexibility index (Phi) is 6.56. The molecule has 0 fully saturated rings. The lowest BCUT2D eigenvalue weighted by Crippen LogP contribution is -2.17. The number of rotatable bonds is 6. The van der Waals surface area contributed by atoms with Crippen molar-refractivity contribution >= 4 is 9.84 Å². The van der Waals surface area contributed by atoms with Crippen LogP contribution >= 0.6 is 0 Å². The molecule has 1 rings (SSSR count). The minimum Gasteiger partial charge on any atom is -0.491 e. The lowest BCUT2D eigenvalue weighted by molar-refractivity contribution is 0.339. The van der Waals surface area contributed by atoms with Crippen LogP contribution in [0.3, 0.4) is 0 Å². The molecular formula is C15H20O4S. The minimum atomic E-state index is -3.04. The summed E-state index contributed by atoms with van der Waals surface area (Å²) < 4.78 is 28.7. The third-order valence-electron chi connectivity index (χ3n) is 2.60. The largest absolute Gasteiger partial charge is 0.491 e. The van der Waals surface area contributed by atoms with E-state index in [1.807, 2.05) is 26.0 Å². The summed E-state index contributed by atoms with van der Waals surface area (Å²) in [6.45, 7) is 3.65. The van der Waals surface area contributed by atoms with Crippen molar-refractivity contribution in [2.75, 3.05) is 24.7 Å². The Morgan fingerprint density at radius 2 is 2.05 bits per heavy atom.